The minimum atomic E-state index is 0.574. The Kier molecular flexibility index (Phi) is 4.65. The molecule has 2 N–H and O–H groups in total. The minimum absolute atomic E-state index is 0.574. The monoisotopic (exact) mass is 145 g/mol. The van der Waals surface area contributed by atoms with E-state index in [0.717, 1.165) is 0 Å². The van der Waals surface area contributed by atoms with Crippen LogP contribution in [0, 0.1) is 17.8 Å². The minimum Gasteiger partial charge on any atom is -0.317 e. The average Bonchev–Trinajstić information content (AvgIpc) is 1.81. The van der Waals surface area contributed by atoms with Gasteiger partial charge < -0.3 is 5.21 Å². The Labute approximate surface area is 63.6 Å². The van der Waals surface area contributed by atoms with Crippen LogP contribution in [0.4, 0.5) is 0 Å². The van der Waals surface area contributed by atoms with E-state index in [9.17, 15) is 0 Å². The van der Waals surface area contributed by atoms with Gasteiger partial charge in [0, 0.05) is 6.54 Å². The molecule has 0 heterocycles. The SMILES string of the molecule is CC(C)C(CNO)C(C)C. The smallest absolute Gasteiger partial charge is 0.0240 e. The maximum Gasteiger partial charge on any atom is 0.0240 e. The van der Waals surface area contributed by atoms with Crippen molar-refractivity contribution in [3.8, 4) is 0 Å². The van der Waals surface area contributed by atoms with Crippen LogP contribution in [-0.2, 0) is 0 Å². The zero-order chi connectivity index (χ0) is 8.15. The standard InChI is InChI=1S/C8H19NO/c1-6(2)8(5-9-10)7(3)4/h6-10H,5H2,1-4H3. The molecule has 0 spiro atoms. The van der Waals surface area contributed by atoms with E-state index in [4.69, 9.17) is 5.21 Å². The summed E-state index contributed by atoms with van der Waals surface area (Å²) >= 11 is 0. The van der Waals surface area contributed by atoms with Crippen LogP contribution in [0.1, 0.15) is 27.7 Å². The fraction of sp³-hybridized carbons (Fsp3) is 1.00. The molecular weight excluding hydrogens is 126 g/mol. The molecule has 0 aromatic heterocycles. The molecular formula is C8H19NO. The molecule has 0 fully saturated rings. The summed E-state index contributed by atoms with van der Waals surface area (Å²) in [5.41, 5.74) is 2.23. The van der Waals surface area contributed by atoms with Crippen molar-refractivity contribution in [2.75, 3.05) is 6.54 Å². The van der Waals surface area contributed by atoms with Crippen molar-refractivity contribution < 1.29 is 5.21 Å². The van der Waals surface area contributed by atoms with Crippen molar-refractivity contribution in [2.24, 2.45) is 17.8 Å². The van der Waals surface area contributed by atoms with Gasteiger partial charge in [-0.3, -0.25) is 0 Å². The molecule has 62 valence electrons. The van der Waals surface area contributed by atoms with Gasteiger partial charge in [0.2, 0.25) is 0 Å². The molecule has 0 aliphatic carbocycles. The maximum atomic E-state index is 8.48. The number of nitrogens with one attached hydrogen (secondary N) is 1. The molecule has 0 aromatic rings. The Morgan fingerprint density at radius 3 is 1.60 bits per heavy atom. The van der Waals surface area contributed by atoms with Gasteiger partial charge in [-0.05, 0) is 17.8 Å². The molecule has 0 saturated heterocycles. The lowest BCUT2D eigenvalue weighted by molar-refractivity contribution is 0.121. The molecule has 0 unspecified atom stereocenters. The quantitative estimate of drug-likeness (QED) is 0.592. The lowest BCUT2D eigenvalue weighted by Gasteiger charge is -2.23. The highest BCUT2D eigenvalue weighted by Crippen LogP contribution is 2.18. The fourth-order valence-electron chi connectivity index (χ4n) is 1.35. The Balaban J connectivity index is 3.73. The predicted octanol–water partition coefficient (Wildman–Crippen LogP) is 1.89. The van der Waals surface area contributed by atoms with Crippen molar-refractivity contribution in [1.29, 1.82) is 0 Å². The third kappa shape index (κ3) is 3.18. The van der Waals surface area contributed by atoms with E-state index in [1.807, 2.05) is 0 Å². The first-order valence-corrected chi connectivity index (χ1v) is 3.96. The molecule has 0 atom stereocenters. The van der Waals surface area contributed by atoms with Gasteiger partial charge in [0.15, 0.2) is 0 Å². The van der Waals surface area contributed by atoms with Crippen LogP contribution in [0.25, 0.3) is 0 Å². The van der Waals surface area contributed by atoms with Crippen molar-refractivity contribution in [1.82, 2.24) is 5.48 Å². The second-order valence-electron chi connectivity index (χ2n) is 3.51. The predicted molar refractivity (Wildman–Crippen MR) is 43.0 cm³/mol. The molecule has 0 bridgehead atoms. The molecule has 0 aliphatic heterocycles. The lowest BCUT2D eigenvalue weighted by Crippen LogP contribution is -2.27. The molecule has 2 heteroatoms. The second-order valence-corrected chi connectivity index (χ2v) is 3.51. The first-order valence-electron chi connectivity index (χ1n) is 3.96. The van der Waals surface area contributed by atoms with Crippen molar-refractivity contribution >= 4 is 0 Å². The van der Waals surface area contributed by atoms with Crippen LogP contribution in [-0.4, -0.2) is 11.8 Å². The topological polar surface area (TPSA) is 32.3 Å². The van der Waals surface area contributed by atoms with Crippen molar-refractivity contribution in [3.05, 3.63) is 0 Å². The third-order valence-electron chi connectivity index (χ3n) is 2.04. The summed E-state index contributed by atoms with van der Waals surface area (Å²) in [7, 11) is 0. The maximum absolute atomic E-state index is 8.48. The molecule has 2 nitrogen and oxygen atoms in total. The second kappa shape index (κ2) is 4.69. The van der Waals surface area contributed by atoms with Crippen LogP contribution in [0.15, 0.2) is 0 Å². The van der Waals surface area contributed by atoms with Gasteiger partial charge in [-0.15, -0.1) is 0 Å². The molecule has 0 saturated carbocycles. The Bertz CT molecular complexity index is 73.3. The Hall–Kier alpha value is -0.0800. The normalized spacial score (nSPS) is 12.0. The van der Waals surface area contributed by atoms with E-state index in [1.54, 1.807) is 0 Å². The lowest BCUT2D eigenvalue weighted by atomic mass is 9.86. The Morgan fingerprint density at radius 1 is 1.10 bits per heavy atom. The molecule has 10 heavy (non-hydrogen) atoms. The van der Waals surface area contributed by atoms with Crippen LogP contribution >= 0.6 is 0 Å². The van der Waals surface area contributed by atoms with Gasteiger partial charge in [-0.25, -0.2) is 5.48 Å². The van der Waals surface area contributed by atoms with Gasteiger partial charge in [-0.2, -0.15) is 0 Å². The number of hydrogen-bond donors (Lipinski definition) is 2. The van der Waals surface area contributed by atoms with Gasteiger partial charge >= 0.3 is 0 Å². The highest BCUT2D eigenvalue weighted by molar-refractivity contribution is 4.66. The molecule has 0 aliphatic rings. The zero-order valence-electron chi connectivity index (χ0n) is 7.39. The first-order chi connectivity index (χ1) is 4.59. The summed E-state index contributed by atoms with van der Waals surface area (Å²) in [6.45, 7) is 9.43. The van der Waals surface area contributed by atoms with Crippen LogP contribution < -0.4 is 5.48 Å². The zero-order valence-corrected chi connectivity index (χ0v) is 7.39. The molecule has 0 amide bonds. The van der Waals surface area contributed by atoms with Crippen LogP contribution in [0.3, 0.4) is 0 Å². The number of hydroxylamine groups is 1. The van der Waals surface area contributed by atoms with Crippen LogP contribution in [0.5, 0.6) is 0 Å². The van der Waals surface area contributed by atoms with Crippen LogP contribution in [0.2, 0.25) is 0 Å². The summed E-state index contributed by atoms with van der Waals surface area (Å²) in [6, 6.07) is 0. The number of hydrogen-bond acceptors (Lipinski definition) is 2. The number of rotatable bonds is 4. The van der Waals surface area contributed by atoms with Crippen molar-refractivity contribution in [2.45, 2.75) is 27.7 Å². The van der Waals surface area contributed by atoms with E-state index < -0.39 is 0 Å². The van der Waals surface area contributed by atoms with E-state index in [2.05, 4.69) is 33.2 Å². The average molecular weight is 145 g/mol. The van der Waals surface area contributed by atoms with E-state index in [0.29, 0.717) is 24.3 Å². The summed E-state index contributed by atoms with van der Waals surface area (Å²) < 4.78 is 0. The van der Waals surface area contributed by atoms with E-state index in [-0.39, 0.29) is 0 Å². The highest BCUT2D eigenvalue weighted by Gasteiger charge is 2.15. The van der Waals surface area contributed by atoms with Gasteiger partial charge in [-0.1, -0.05) is 27.7 Å². The van der Waals surface area contributed by atoms with Gasteiger partial charge in [0.25, 0.3) is 0 Å². The fourth-order valence-corrected chi connectivity index (χ4v) is 1.35. The van der Waals surface area contributed by atoms with Crippen molar-refractivity contribution in [3.63, 3.8) is 0 Å². The van der Waals surface area contributed by atoms with Gasteiger partial charge in [0.1, 0.15) is 0 Å². The summed E-state index contributed by atoms with van der Waals surface area (Å²) in [4.78, 5) is 0. The van der Waals surface area contributed by atoms with Gasteiger partial charge in [0.05, 0.1) is 0 Å². The third-order valence-corrected chi connectivity index (χ3v) is 2.04. The molecule has 0 aromatic carbocycles. The summed E-state index contributed by atoms with van der Waals surface area (Å²) in [6.07, 6.45) is 0. The molecule has 0 rings (SSSR count). The largest absolute Gasteiger partial charge is 0.317 e. The summed E-state index contributed by atoms with van der Waals surface area (Å²) in [5, 5.41) is 8.48. The molecule has 0 radical (unpaired) electrons. The Morgan fingerprint density at radius 2 is 1.50 bits per heavy atom. The van der Waals surface area contributed by atoms with E-state index in [1.165, 1.54) is 0 Å². The first kappa shape index (κ1) is 9.92. The highest BCUT2D eigenvalue weighted by atomic mass is 16.5. The van der Waals surface area contributed by atoms with E-state index >= 15 is 0 Å². The summed E-state index contributed by atoms with van der Waals surface area (Å²) in [5.74, 6) is 1.85.